The summed E-state index contributed by atoms with van der Waals surface area (Å²) >= 11 is 0. The van der Waals surface area contributed by atoms with Crippen LogP contribution in [0.4, 0.5) is 0 Å². The first-order valence-corrected chi connectivity index (χ1v) is 3.66. The standard InChI is InChI=1S/C7H16N2O3/c1-6(4-11-2)9-12-5-7(10)3-8/h4,7,9-10H,3,5,8H2,1-2H3. The second kappa shape index (κ2) is 6.90. The number of nitrogens with one attached hydrogen (secondary N) is 1. The molecule has 1 unspecified atom stereocenters. The van der Waals surface area contributed by atoms with Crippen molar-refractivity contribution in [2.45, 2.75) is 13.0 Å². The fraction of sp³-hybridized carbons (Fsp3) is 0.714. The van der Waals surface area contributed by atoms with E-state index in [0.29, 0.717) is 0 Å². The molecule has 12 heavy (non-hydrogen) atoms. The summed E-state index contributed by atoms with van der Waals surface area (Å²) in [5, 5.41) is 8.96. The highest BCUT2D eigenvalue weighted by Gasteiger charge is 1.99. The third-order valence-electron chi connectivity index (χ3n) is 1.08. The summed E-state index contributed by atoms with van der Waals surface area (Å²) in [5.74, 6) is 0. The molecule has 0 aliphatic rings. The molecular formula is C7H16N2O3. The maximum absolute atomic E-state index is 8.96. The SMILES string of the molecule is COC=C(C)NOCC(O)CN. The lowest BCUT2D eigenvalue weighted by Crippen LogP contribution is -2.28. The zero-order valence-corrected chi connectivity index (χ0v) is 7.41. The predicted molar refractivity (Wildman–Crippen MR) is 44.9 cm³/mol. The first-order chi connectivity index (χ1) is 5.70. The molecule has 0 saturated heterocycles. The van der Waals surface area contributed by atoms with E-state index < -0.39 is 6.10 Å². The lowest BCUT2D eigenvalue weighted by molar-refractivity contribution is -0.00318. The van der Waals surface area contributed by atoms with Crippen LogP contribution in [0.5, 0.6) is 0 Å². The second-order valence-corrected chi connectivity index (χ2v) is 2.34. The van der Waals surface area contributed by atoms with E-state index in [2.05, 4.69) is 5.48 Å². The molecule has 5 heteroatoms. The molecule has 4 N–H and O–H groups in total. The summed E-state index contributed by atoms with van der Waals surface area (Å²) in [6.45, 7) is 2.12. The van der Waals surface area contributed by atoms with Gasteiger partial charge < -0.3 is 15.6 Å². The van der Waals surface area contributed by atoms with Gasteiger partial charge in [0.15, 0.2) is 0 Å². The van der Waals surface area contributed by atoms with Gasteiger partial charge in [-0.1, -0.05) is 0 Å². The van der Waals surface area contributed by atoms with E-state index in [1.54, 1.807) is 14.0 Å². The lowest BCUT2D eigenvalue weighted by Gasteiger charge is -2.09. The van der Waals surface area contributed by atoms with Gasteiger partial charge in [0.05, 0.1) is 18.9 Å². The first-order valence-electron chi connectivity index (χ1n) is 3.66. The van der Waals surface area contributed by atoms with Gasteiger partial charge in [-0.3, -0.25) is 10.3 Å². The zero-order valence-electron chi connectivity index (χ0n) is 7.41. The number of allylic oxidation sites excluding steroid dienone is 1. The molecule has 0 aliphatic carbocycles. The Morgan fingerprint density at radius 1 is 1.75 bits per heavy atom. The Labute approximate surface area is 72.1 Å². The molecule has 0 spiro atoms. The summed E-state index contributed by atoms with van der Waals surface area (Å²) < 4.78 is 4.70. The number of ether oxygens (including phenoxy) is 1. The minimum absolute atomic E-state index is 0.158. The van der Waals surface area contributed by atoms with Crippen molar-refractivity contribution in [3.63, 3.8) is 0 Å². The normalized spacial score (nSPS) is 14.2. The van der Waals surface area contributed by atoms with E-state index >= 15 is 0 Å². The Morgan fingerprint density at radius 2 is 2.42 bits per heavy atom. The molecule has 0 amide bonds. The van der Waals surface area contributed by atoms with Crippen molar-refractivity contribution < 1.29 is 14.7 Å². The quantitative estimate of drug-likeness (QED) is 0.370. The molecule has 0 aromatic carbocycles. The van der Waals surface area contributed by atoms with E-state index in [9.17, 15) is 0 Å². The van der Waals surface area contributed by atoms with Crippen molar-refractivity contribution >= 4 is 0 Å². The van der Waals surface area contributed by atoms with Crippen molar-refractivity contribution in [2.24, 2.45) is 5.73 Å². The van der Waals surface area contributed by atoms with Gasteiger partial charge in [0.2, 0.25) is 0 Å². The molecule has 0 heterocycles. The lowest BCUT2D eigenvalue weighted by atomic mass is 10.4. The number of hydrogen-bond acceptors (Lipinski definition) is 5. The van der Waals surface area contributed by atoms with Crippen LogP contribution < -0.4 is 11.2 Å². The third kappa shape index (κ3) is 5.96. The Hall–Kier alpha value is -0.780. The molecular weight excluding hydrogens is 160 g/mol. The molecule has 72 valence electrons. The molecule has 0 rings (SSSR count). The number of methoxy groups -OCH3 is 1. The number of hydrogen-bond donors (Lipinski definition) is 3. The van der Waals surface area contributed by atoms with Crippen molar-refractivity contribution in [3.8, 4) is 0 Å². The third-order valence-corrected chi connectivity index (χ3v) is 1.08. The van der Waals surface area contributed by atoms with Crippen LogP contribution in [0.15, 0.2) is 12.0 Å². The van der Waals surface area contributed by atoms with E-state index in [4.69, 9.17) is 20.4 Å². The van der Waals surface area contributed by atoms with E-state index in [1.807, 2.05) is 0 Å². The van der Waals surface area contributed by atoms with Gasteiger partial charge in [0, 0.05) is 6.54 Å². The van der Waals surface area contributed by atoms with Crippen molar-refractivity contribution in [1.82, 2.24) is 5.48 Å². The van der Waals surface area contributed by atoms with Crippen LogP contribution in [0.25, 0.3) is 0 Å². The van der Waals surface area contributed by atoms with Crippen LogP contribution in [0, 0.1) is 0 Å². The average molecular weight is 176 g/mol. The van der Waals surface area contributed by atoms with Gasteiger partial charge in [0.1, 0.15) is 12.9 Å². The highest BCUT2D eigenvalue weighted by Crippen LogP contribution is 1.87. The maximum Gasteiger partial charge on any atom is 0.103 e. The van der Waals surface area contributed by atoms with Crippen molar-refractivity contribution in [2.75, 3.05) is 20.3 Å². The Balaban J connectivity index is 3.36. The van der Waals surface area contributed by atoms with Crippen LogP contribution >= 0.6 is 0 Å². The van der Waals surface area contributed by atoms with Crippen LogP contribution in [0.3, 0.4) is 0 Å². The minimum atomic E-state index is -0.632. The average Bonchev–Trinajstić information content (AvgIpc) is 2.04. The number of rotatable bonds is 6. The summed E-state index contributed by atoms with van der Waals surface area (Å²) in [5.41, 5.74) is 8.44. The summed E-state index contributed by atoms with van der Waals surface area (Å²) in [6, 6.07) is 0. The van der Waals surface area contributed by atoms with Crippen molar-refractivity contribution in [3.05, 3.63) is 12.0 Å². The summed E-state index contributed by atoms with van der Waals surface area (Å²) in [4.78, 5) is 4.87. The molecule has 1 atom stereocenters. The molecule has 0 aromatic heterocycles. The Kier molecular flexibility index (Phi) is 6.45. The van der Waals surface area contributed by atoms with Crippen LogP contribution in [0.2, 0.25) is 0 Å². The Bertz CT molecular complexity index is 139. The monoisotopic (exact) mass is 176 g/mol. The highest BCUT2D eigenvalue weighted by molar-refractivity contribution is 4.85. The van der Waals surface area contributed by atoms with Crippen LogP contribution in [0.1, 0.15) is 6.92 Å². The fourth-order valence-electron chi connectivity index (χ4n) is 0.521. The molecule has 0 radical (unpaired) electrons. The first kappa shape index (κ1) is 11.2. The molecule has 0 aliphatic heterocycles. The van der Waals surface area contributed by atoms with E-state index in [1.165, 1.54) is 6.26 Å². The Morgan fingerprint density at radius 3 is 2.92 bits per heavy atom. The topological polar surface area (TPSA) is 76.7 Å². The highest BCUT2D eigenvalue weighted by atomic mass is 16.6. The maximum atomic E-state index is 8.96. The molecule has 0 saturated carbocycles. The van der Waals surface area contributed by atoms with E-state index in [-0.39, 0.29) is 13.2 Å². The van der Waals surface area contributed by atoms with E-state index in [0.717, 1.165) is 5.70 Å². The second-order valence-electron chi connectivity index (χ2n) is 2.34. The molecule has 0 bridgehead atoms. The van der Waals surface area contributed by atoms with Crippen molar-refractivity contribution in [1.29, 1.82) is 0 Å². The van der Waals surface area contributed by atoms with Gasteiger partial charge in [0.25, 0.3) is 0 Å². The van der Waals surface area contributed by atoms with Gasteiger partial charge in [-0.25, -0.2) is 0 Å². The molecule has 0 fully saturated rings. The van der Waals surface area contributed by atoms with Gasteiger partial charge in [-0.15, -0.1) is 0 Å². The number of aliphatic hydroxyl groups excluding tert-OH is 1. The van der Waals surface area contributed by atoms with Gasteiger partial charge in [-0.2, -0.15) is 0 Å². The van der Waals surface area contributed by atoms with Crippen LogP contribution in [-0.2, 0) is 9.57 Å². The summed E-state index contributed by atoms with van der Waals surface area (Å²) in [7, 11) is 1.54. The predicted octanol–water partition coefficient (Wildman–Crippen LogP) is -0.665. The zero-order chi connectivity index (χ0) is 9.40. The fourth-order valence-corrected chi connectivity index (χ4v) is 0.521. The summed E-state index contributed by atoms with van der Waals surface area (Å²) in [6.07, 6.45) is 0.863. The van der Waals surface area contributed by atoms with Crippen LogP contribution in [-0.4, -0.2) is 31.5 Å². The molecule has 0 aromatic rings. The number of hydroxylamine groups is 1. The van der Waals surface area contributed by atoms with Gasteiger partial charge in [-0.05, 0) is 6.92 Å². The minimum Gasteiger partial charge on any atom is -0.502 e. The number of aliphatic hydroxyl groups is 1. The number of nitrogens with two attached hydrogens (primary N) is 1. The largest absolute Gasteiger partial charge is 0.502 e. The van der Waals surface area contributed by atoms with Gasteiger partial charge >= 0.3 is 0 Å². The smallest absolute Gasteiger partial charge is 0.103 e. The molecule has 5 nitrogen and oxygen atoms in total.